The van der Waals surface area contributed by atoms with Gasteiger partial charge in [-0.05, 0) is 43.9 Å². The van der Waals surface area contributed by atoms with Crippen LogP contribution in [-0.2, 0) is 4.74 Å². The quantitative estimate of drug-likeness (QED) is 0.818. The zero-order chi connectivity index (χ0) is 13.5. The maximum absolute atomic E-state index is 5.62. The van der Waals surface area contributed by atoms with Crippen molar-refractivity contribution >= 4 is 0 Å². The fraction of sp³-hybridized carbons (Fsp3) is 0.625. The summed E-state index contributed by atoms with van der Waals surface area (Å²) in [6, 6.07) is 8.73. The van der Waals surface area contributed by atoms with Gasteiger partial charge in [0.2, 0.25) is 0 Å². The molecule has 0 aliphatic carbocycles. The molecule has 0 radical (unpaired) electrons. The Hall–Kier alpha value is -1.06. The molecule has 1 aromatic carbocycles. The van der Waals surface area contributed by atoms with Gasteiger partial charge in [0.05, 0.1) is 12.7 Å². The molecule has 0 amide bonds. The zero-order valence-corrected chi connectivity index (χ0v) is 12.0. The second-order valence-electron chi connectivity index (χ2n) is 5.18. The first-order chi connectivity index (χ1) is 9.29. The smallest absolute Gasteiger partial charge is 0.119 e. The number of benzene rings is 1. The third-order valence-electron chi connectivity index (χ3n) is 3.53. The van der Waals surface area contributed by atoms with E-state index in [0.717, 1.165) is 31.9 Å². The van der Waals surface area contributed by atoms with Crippen molar-refractivity contribution in [3.8, 4) is 5.75 Å². The molecule has 1 fully saturated rings. The molecular weight excluding hydrogens is 238 g/mol. The molecule has 0 aromatic heterocycles. The summed E-state index contributed by atoms with van der Waals surface area (Å²) in [5.74, 6) is 0.955. The topological polar surface area (TPSA) is 30.5 Å². The SMILES string of the molecule is CCCOc1ccc(C(C)NCC2CCCO2)cc1. The minimum atomic E-state index is 0.351. The van der Waals surface area contributed by atoms with Crippen molar-refractivity contribution in [2.75, 3.05) is 19.8 Å². The molecule has 1 saturated heterocycles. The van der Waals surface area contributed by atoms with Crippen molar-refractivity contribution in [3.05, 3.63) is 29.8 Å². The van der Waals surface area contributed by atoms with Crippen LogP contribution in [0.5, 0.6) is 5.75 Å². The summed E-state index contributed by atoms with van der Waals surface area (Å²) in [6.45, 7) is 6.95. The van der Waals surface area contributed by atoms with Crippen molar-refractivity contribution in [2.45, 2.75) is 45.3 Å². The van der Waals surface area contributed by atoms with Gasteiger partial charge >= 0.3 is 0 Å². The van der Waals surface area contributed by atoms with Gasteiger partial charge in [0.1, 0.15) is 5.75 Å². The van der Waals surface area contributed by atoms with E-state index >= 15 is 0 Å². The first-order valence-corrected chi connectivity index (χ1v) is 7.37. The Balaban J connectivity index is 1.79. The lowest BCUT2D eigenvalue weighted by atomic mass is 10.1. The Morgan fingerprint density at radius 2 is 2.16 bits per heavy atom. The maximum atomic E-state index is 5.62. The Kier molecular flexibility index (Phi) is 5.67. The minimum Gasteiger partial charge on any atom is -0.494 e. The molecule has 0 saturated carbocycles. The highest BCUT2D eigenvalue weighted by Gasteiger charge is 2.16. The van der Waals surface area contributed by atoms with Crippen molar-refractivity contribution in [2.24, 2.45) is 0 Å². The molecule has 0 spiro atoms. The van der Waals surface area contributed by atoms with E-state index < -0.39 is 0 Å². The third kappa shape index (κ3) is 4.51. The molecule has 19 heavy (non-hydrogen) atoms. The van der Waals surface area contributed by atoms with E-state index in [4.69, 9.17) is 9.47 Å². The van der Waals surface area contributed by atoms with Crippen LogP contribution in [0.1, 0.15) is 44.7 Å². The van der Waals surface area contributed by atoms with Gasteiger partial charge in [0.25, 0.3) is 0 Å². The molecule has 1 N–H and O–H groups in total. The summed E-state index contributed by atoms with van der Waals surface area (Å²) in [5.41, 5.74) is 1.29. The van der Waals surface area contributed by atoms with Gasteiger partial charge in [-0.1, -0.05) is 19.1 Å². The number of rotatable bonds is 7. The standard InChI is InChI=1S/C16H25NO2/c1-3-10-18-15-8-6-14(7-9-15)13(2)17-12-16-5-4-11-19-16/h6-9,13,16-17H,3-5,10-12H2,1-2H3. The first kappa shape index (κ1) is 14.4. The van der Waals surface area contributed by atoms with Crippen LogP contribution in [0.15, 0.2) is 24.3 Å². The van der Waals surface area contributed by atoms with Gasteiger partial charge < -0.3 is 14.8 Å². The molecule has 106 valence electrons. The Labute approximate surface area is 116 Å². The van der Waals surface area contributed by atoms with E-state index in [2.05, 4.69) is 43.4 Å². The molecular formula is C16H25NO2. The van der Waals surface area contributed by atoms with Crippen LogP contribution in [0.3, 0.4) is 0 Å². The Morgan fingerprint density at radius 1 is 1.37 bits per heavy atom. The highest BCUT2D eigenvalue weighted by atomic mass is 16.5. The third-order valence-corrected chi connectivity index (χ3v) is 3.53. The molecule has 1 heterocycles. The lowest BCUT2D eigenvalue weighted by Crippen LogP contribution is -2.28. The van der Waals surface area contributed by atoms with Gasteiger partial charge in [0.15, 0.2) is 0 Å². The van der Waals surface area contributed by atoms with Crippen molar-refractivity contribution in [1.29, 1.82) is 0 Å². The van der Waals surface area contributed by atoms with Gasteiger partial charge in [-0.15, -0.1) is 0 Å². The van der Waals surface area contributed by atoms with Crippen LogP contribution >= 0.6 is 0 Å². The lowest BCUT2D eigenvalue weighted by Gasteiger charge is -2.17. The van der Waals surface area contributed by atoms with Crippen LogP contribution < -0.4 is 10.1 Å². The van der Waals surface area contributed by atoms with Crippen LogP contribution in [-0.4, -0.2) is 25.9 Å². The molecule has 3 heteroatoms. The van der Waals surface area contributed by atoms with E-state index in [-0.39, 0.29) is 0 Å². The van der Waals surface area contributed by atoms with Crippen molar-refractivity contribution in [1.82, 2.24) is 5.32 Å². The molecule has 2 unspecified atom stereocenters. The predicted molar refractivity (Wildman–Crippen MR) is 77.6 cm³/mol. The van der Waals surface area contributed by atoms with E-state index in [1.807, 2.05) is 0 Å². The molecule has 1 aromatic rings. The maximum Gasteiger partial charge on any atom is 0.119 e. The largest absolute Gasteiger partial charge is 0.494 e. The van der Waals surface area contributed by atoms with Crippen LogP contribution in [0.4, 0.5) is 0 Å². The summed E-state index contributed by atoms with van der Waals surface area (Å²) < 4.78 is 11.2. The van der Waals surface area contributed by atoms with Crippen LogP contribution in [0, 0.1) is 0 Å². The monoisotopic (exact) mass is 263 g/mol. The fourth-order valence-corrected chi connectivity index (χ4v) is 2.30. The van der Waals surface area contributed by atoms with Gasteiger partial charge in [-0.2, -0.15) is 0 Å². The van der Waals surface area contributed by atoms with Crippen molar-refractivity contribution < 1.29 is 9.47 Å². The summed E-state index contributed by atoms with van der Waals surface area (Å²) in [7, 11) is 0. The van der Waals surface area contributed by atoms with Gasteiger partial charge in [-0.3, -0.25) is 0 Å². The van der Waals surface area contributed by atoms with E-state index in [1.165, 1.54) is 18.4 Å². The molecule has 1 aliphatic rings. The second-order valence-corrected chi connectivity index (χ2v) is 5.18. The first-order valence-electron chi connectivity index (χ1n) is 7.37. The summed E-state index contributed by atoms with van der Waals surface area (Å²) in [6.07, 6.45) is 3.82. The van der Waals surface area contributed by atoms with E-state index in [9.17, 15) is 0 Å². The van der Waals surface area contributed by atoms with E-state index in [0.29, 0.717) is 12.1 Å². The highest BCUT2D eigenvalue weighted by Crippen LogP contribution is 2.18. The van der Waals surface area contributed by atoms with E-state index in [1.54, 1.807) is 0 Å². The summed E-state index contributed by atoms with van der Waals surface area (Å²) in [5, 5.41) is 3.54. The molecule has 1 aliphatic heterocycles. The Morgan fingerprint density at radius 3 is 2.79 bits per heavy atom. The zero-order valence-electron chi connectivity index (χ0n) is 12.0. The fourth-order valence-electron chi connectivity index (χ4n) is 2.30. The lowest BCUT2D eigenvalue weighted by molar-refractivity contribution is 0.108. The number of ether oxygens (including phenoxy) is 2. The summed E-state index contributed by atoms with van der Waals surface area (Å²) in [4.78, 5) is 0. The average molecular weight is 263 g/mol. The van der Waals surface area contributed by atoms with Crippen molar-refractivity contribution in [3.63, 3.8) is 0 Å². The number of hydrogen-bond acceptors (Lipinski definition) is 3. The Bertz CT molecular complexity index is 358. The number of hydrogen-bond donors (Lipinski definition) is 1. The van der Waals surface area contributed by atoms with Gasteiger partial charge in [-0.25, -0.2) is 0 Å². The normalized spacial score (nSPS) is 20.4. The molecule has 0 bridgehead atoms. The number of nitrogens with one attached hydrogen (secondary N) is 1. The summed E-state index contributed by atoms with van der Waals surface area (Å²) >= 11 is 0. The van der Waals surface area contributed by atoms with Gasteiger partial charge in [0, 0.05) is 19.2 Å². The minimum absolute atomic E-state index is 0.351. The molecule has 2 atom stereocenters. The second kappa shape index (κ2) is 7.51. The average Bonchev–Trinajstić information content (AvgIpc) is 2.96. The highest BCUT2D eigenvalue weighted by molar-refractivity contribution is 5.28. The molecule has 2 rings (SSSR count). The van der Waals surface area contributed by atoms with Crippen LogP contribution in [0.2, 0.25) is 0 Å². The molecule has 3 nitrogen and oxygen atoms in total. The van der Waals surface area contributed by atoms with Crippen LogP contribution in [0.25, 0.3) is 0 Å². The predicted octanol–water partition coefficient (Wildman–Crippen LogP) is 3.31.